The molecule has 0 saturated carbocycles. The van der Waals surface area contributed by atoms with Gasteiger partial charge in [0.05, 0.1) is 29.6 Å². The summed E-state index contributed by atoms with van der Waals surface area (Å²) >= 11 is 0. The van der Waals surface area contributed by atoms with Gasteiger partial charge >= 0.3 is 0 Å². The van der Waals surface area contributed by atoms with Crippen molar-refractivity contribution in [1.82, 2.24) is 34.8 Å². The van der Waals surface area contributed by atoms with E-state index in [4.69, 9.17) is 0 Å². The van der Waals surface area contributed by atoms with Crippen molar-refractivity contribution in [1.29, 1.82) is 0 Å². The number of rotatable bonds is 2. The minimum atomic E-state index is 0.726. The van der Waals surface area contributed by atoms with Gasteiger partial charge in [0.1, 0.15) is 0 Å². The number of fused-ring (bicyclic) bond motifs is 2. The molecule has 1 aliphatic rings. The molecule has 0 unspecified atom stereocenters. The van der Waals surface area contributed by atoms with Gasteiger partial charge in [0.25, 0.3) is 0 Å². The number of imidazole rings is 1. The minimum absolute atomic E-state index is 0.726. The Morgan fingerprint density at radius 2 is 2.12 bits per heavy atom. The van der Waals surface area contributed by atoms with E-state index in [2.05, 4.69) is 42.4 Å². The Balaban J connectivity index is 1.52. The van der Waals surface area contributed by atoms with Crippen LogP contribution in [0, 0.1) is 6.92 Å². The second-order valence-corrected chi connectivity index (χ2v) is 6.27. The number of H-pyrrole nitrogens is 1. The van der Waals surface area contributed by atoms with Crippen molar-refractivity contribution in [3.63, 3.8) is 0 Å². The lowest BCUT2D eigenvalue weighted by atomic mass is 9.95. The van der Waals surface area contributed by atoms with E-state index in [1.807, 2.05) is 37.4 Å². The summed E-state index contributed by atoms with van der Waals surface area (Å²) in [7, 11) is 0. The molecule has 0 saturated heterocycles. The number of nitrogens with one attached hydrogen (secondary N) is 1. The molecule has 26 heavy (non-hydrogen) atoms. The summed E-state index contributed by atoms with van der Waals surface area (Å²) in [6.45, 7) is 1.95. The van der Waals surface area contributed by atoms with Crippen molar-refractivity contribution in [2.75, 3.05) is 0 Å². The number of hydrogen-bond acceptors (Lipinski definition) is 5. The standard InChI is InChI=1S/C19H15N7/c1-12-2-5-18-23-24-19(26(18)25-12)7-13-3-4-16-14(6-13)8-15(9-21-16)17-10-20-11-22-17/h2-5,7-11H,6H2,1H3,(H,20,22). The fourth-order valence-electron chi connectivity index (χ4n) is 3.09. The number of allylic oxidation sites excluding steroid dienone is 2. The highest BCUT2D eigenvalue weighted by atomic mass is 15.4. The third-order valence-electron chi connectivity index (χ3n) is 4.40. The average molecular weight is 341 g/mol. The summed E-state index contributed by atoms with van der Waals surface area (Å²) in [6, 6.07) is 6.00. The quantitative estimate of drug-likeness (QED) is 0.606. The largest absolute Gasteiger partial charge is 0.345 e. The van der Waals surface area contributed by atoms with Gasteiger partial charge in [-0.05, 0) is 54.8 Å². The lowest BCUT2D eigenvalue weighted by Gasteiger charge is -2.13. The summed E-state index contributed by atoms with van der Waals surface area (Å²) in [5.74, 6) is 0.726. The number of aromatic amines is 1. The average Bonchev–Trinajstić information content (AvgIpc) is 3.32. The first-order chi connectivity index (χ1) is 12.8. The molecule has 5 rings (SSSR count). The van der Waals surface area contributed by atoms with Crippen molar-refractivity contribution in [3.05, 3.63) is 71.3 Å². The van der Waals surface area contributed by atoms with Gasteiger partial charge in [-0.3, -0.25) is 4.98 Å². The Hall–Kier alpha value is -3.61. The SMILES string of the molecule is Cc1ccc2nnc(C=C3C=Cc4ncc(-c5cnc[nH]5)cc4C3)n2n1. The number of aryl methyl sites for hydroxylation is 1. The molecule has 4 aromatic rings. The van der Waals surface area contributed by atoms with Gasteiger partial charge in [0, 0.05) is 11.8 Å². The van der Waals surface area contributed by atoms with Gasteiger partial charge < -0.3 is 4.98 Å². The summed E-state index contributed by atoms with van der Waals surface area (Å²) in [5.41, 5.74) is 6.96. The Morgan fingerprint density at radius 3 is 3.00 bits per heavy atom. The third-order valence-corrected chi connectivity index (χ3v) is 4.40. The third kappa shape index (κ3) is 2.50. The molecule has 7 heteroatoms. The first-order valence-corrected chi connectivity index (χ1v) is 8.32. The normalized spacial score (nSPS) is 14.9. The lowest BCUT2D eigenvalue weighted by molar-refractivity contribution is 0.880. The molecule has 0 atom stereocenters. The molecule has 1 aliphatic carbocycles. The van der Waals surface area contributed by atoms with Gasteiger partial charge in [-0.25, -0.2) is 4.98 Å². The van der Waals surface area contributed by atoms with Gasteiger partial charge in [0.15, 0.2) is 11.5 Å². The molecular formula is C19H15N7. The van der Waals surface area contributed by atoms with Crippen LogP contribution in [-0.2, 0) is 6.42 Å². The first kappa shape index (κ1) is 14.7. The van der Waals surface area contributed by atoms with Gasteiger partial charge in [-0.15, -0.1) is 10.2 Å². The molecule has 4 heterocycles. The highest BCUT2D eigenvalue weighted by molar-refractivity contribution is 5.68. The number of hydrogen-bond donors (Lipinski definition) is 1. The fourth-order valence-corrected chi connectivity index (χ4v) is 3.09. The van der Waals surface area contributed by atoms with Crippen molar-refractivity contribution in [2.24, 2.45) is 0 Å². The number of aromatic nitrogens is 7. The Kier molecular flexibility index (Phi) is 3.24. The van der Waals surface area contributed by atoms with Gasteiger partial charge in [0.2, 0.25) is 0 Å². The van der Waals surface area contributed by atoms with Crippen molar-refractivity contribution in [2.45, 2.75) is 13.3 Å². The maximum absolute atomic E-state index is 4.56. The van der Waals surface area contributed by atoms with Crippen LogP contribution in [0.25, 0.3) is 29.1 Å². The van der Waals surface area contributed by atoms with Gasteiger partial charge in [-0.2, -0.15) is 9.61 Å². The summed E-state index contributed by atoms with van der Waals surface area (Å²) < 4.78 is 1.77. The monoisotopic (exact) mass is 341 g/mol. The van der Waals surface area contributed by atoms with E-state index in [1.54, 1.807) is 17.0 Å². The molecule has 0 spiro atoms. The molecule has 1 N–H and O–H groups in total. The van der Waals surface area contributed by atoms with Gasteiger partial charge in [-0.1, -0.05) is 6.08 Å². The Labute approximate surface area is 149 Å². The van der Waals surface area contributed by atoms with Crippen LogP contribution in [0.5, 0.6) is 0 Å². The van der Waals surface area contributed by atoms with Crippen molar-refractivity contribution < 1.29 is 0 Å². The summed E-state index contributed by atoms with van der Waals surface area (Å²) in [5, 5.41) is 12.9. The Bertz CT molecular complexity index is 1170. The van der Waals surface area contributed by atoms with Crippen LogP contribution < -0.4 is 0 Å². The lowest BCUT2D eigenvalue weighted by Crippen LogP contribution is -2.02. The van der Waals surface area contributed by atoms with Crippen LogP contribution in [0.15, 0.2) is 48.6 Å². The van der Waals surface area contributed by atoms with Crippen LogP contribution in [0.3, 0.4) is 0 Å². The molecule has 0 fully saturated rings. The zero-order valence-corrected chi connectivity index (χ0v) is 14.1. The first-order valence-electron chi connectivity index (χ1n) is 8.32. The van der Waals surface area contributed by atoms with E-state index in [-0.39, 0.29) is 0 Å². The smallest absolute Gasteiger partial charge is 0.178 e. The number of pyridine rings is 1. The Morgan fingerprint density at radius 1 is 1.15 bits per heavy atom. The van der Waals surface area contributed by atoms with Crippen LogP contribution in [0.2, 0.25) is 0 Å². The summed E-state index contributed by atoms with van der Waals surface area (Å²) in [6.07, 6.45) is 12.2. The van der Waals surface area contributed by atoms with E-state index >= 15 is 0 Å². The second-order valence-electron chi connectivity index (χ2n) is 6.27. The van der Waals surface area contributed by atoms with E-state index in [0.717, 1.165) is 46.1 Å². The molecule has 0 bridgehead atoms. The van der Waals surface area contributed by atoms with E-state index < -0.39 is 0 Å². The molecule has 0 amide bonds. The predicted molar refractivity (Wildman–Crippen MR) is 98.1 cm³/mol. The molecule has 0 radical (unpaired) electrons. The number of nitrogens with zero attached hydrogens (tertiary/aromatic N) is 6. The highest BCUT2D eigenvalue weighted by Crippen LogP contribution is 2.26. The summed E-state index contributed by atoms with van der Waals surface area (Å²) in [4.78, 5) is 11.8. The van der Waals surface area contributed by atoms with Crippen LogP contribution in [0.1, 0.15) is 22.8 Å². The van der Waals surface area contributed by atoms with Crippen molar-refractivity contribution in [3.8, 4) is 11.3 Å². The predicted octanol–water partition coefficient (Wildman–Crippen LogP) is 2.87. The van der Waals surface area contributed by atoms with E-state index in [1.165, 1.54) is 5.56 Å². The highest BCUT2D eigenvalue weighted by Gasteiger charge is 2.13. The topological polar surface area (TPSA) is 84.6 Å². The second kappa shape index (κ2) is 5.73. The zero-order valence-electron chi connectivity index (χ0n) is 14.1. The van der Waals surface area contributed by atoms with E-state index in [9.17, 15) is 0 Å². The van der Waals surface area contributed by atoms with Crippen molar-refractivity contribution >= 4 is 17.8 Å². The molecule has 0 aromatic carbocycles. The van der Waals surface area contributed by atoms with Crippen LogP contribution in [-0.4, -0.2) is 34.8 Å². The molecule has 0 aliphatic heterocycles. The zero-order chi connectivity index (χ0) is 17.5. The van der Waals surface area contributed by atoms with E-state index in [0.29, 0.717) is 0 Å². The fraction of sp³-hybridized carbons (Fsp3) is 0.105. The molecule has 126 valence electrons. The molecule has 7 nitrogen and oxygen atoms in total. The van der Waals surface area contributed by atoms with Crippen LogP contribution in [0.4, 0.5) is 0 Å². The maximum atomic E-state index is 4.56. The molecule has 4 aromatic heterocycles. The minimum Gasteiger partial charge on any atom is -0.345 e. The molecular weight excluding hydrogens is 326 g/mol. The van der Waals surface area contributed by atoms with Crippen LogP contribution >= 0.6 is 0 Å². The maximum Gasteiger partial charge on any atom is 0.178 e.